The van der Waals surface area contributed by atoms with E-state index in [9.17, 15) is 4.39 Å². The Kier molecular flexibility index (Phi) is 9.24. The molecule has 1 saturated carbocycles. The van der Waals surface area contributed by atoms with Gasteiger partial charge in [0.1, 0.15) is 11.6 Å². The lowest BCUT2D eigenvalue weighted by atomic mass is 9.80. The molecule has 0 spiro atoms. The van der Waals surface area contributed by atoms with E-state index in [1.165, 1.54) is 63.4 Å². The van der Waals surface area contributed by atoms with Gasteiger partial charge in [-0.05, 0) is 54.4 Å². The second-order valence-electron chi connectivity index (χ2n) is 9.14. The molecular weight excluding hydrogens is 371 g/mol. The van der Waals surface area contributed by atoms with Crippen LogP contribution in [0.2, 0.25) is 0 Å². The van der Waals surface area contributed by atoms with Crippen molar-refractivity contribution in [1.29, 1.82) is 0 Å². The molecule has 0 amide bonds. The molecule has 30 heavy (non-hydrogen) atoms. The van der Waals surface area contributed by atoms with Crippen LogP contribution in [0.1, 0.15) is 83.6 Å². The van der Waals surface area contributed by atoms with E-state index in [2.05, 4.69) is 26.0 Å². The van der Waals surface area contributed by atoms with E-state index in [1.54, 1.807) is 6.07 Å². The van der Waals surface area contributed by atoms with E-state index in [1.807, 2.05) is 24.3 Å². The predicted octanol–water partition coefficient (Wildman–Crippen LogP) is 8.60. The minimum Gasteiger partial charge on any atom is -0.493 e. The Hall–Kier alpha value is -1.83. The van der Waals surface area contributed by atoms with Gasteiger partial charge < -0.3 is 4.74 Å². The molecule has 2 aromatic carbocycles. The zero-order valence-corrected chi connectivity index (χ0v) is 19.0. The molecule has 1 nitrogen and oxygen atoms in total. The predicted molar refractivity (Wildman–Crippen MR) is 126 cm³/mol. The molecule has 0 unspecified atom stereocenters. The number of ether oxygens (including phenoxy) is 1. The van der Waals surface area contributed by atoms with Crippen molar-refractivity contribution < 1.29 is 9.13 Å². The van der Waals surface area contributed by atoms with E-state index < -0.39 is 0 Å². The first-order valence-electron chi connectivity index (χ1n) is 12.2. The maximum Gasteiger partial charge on any atom is 0.134 e. The van der Waals surface area contributed by atoms with Crippen molar-refractivity contribution >= 4 is 0 Å². The van der Waals surface area contributed by atoms with Crippen molar-refractivity contribution in [2.24, 2.45) is 11.8 Å². The second kappa shape index (κ2) is 12.1. The van der Waals surface area contributed by atoms with Gasteiger partial charge in [0.15, 0.2) is 0 Å². The maximum absolute atomic E-state index is 14.7. The molecule has 164 valence electrons. The summed E-state index contributed by atoms with van der Waals surface area (Å²) in [5.74, 6) is 1.98. The molecule has 2 heteroatoms. The van der Waals surface area contributed by atoms with Gasteiger partial charge >= 0.3 is 0 Å². The molecule has 0 radical (unpaired) electrons. The van der Waals surface area contributed by atoms with E-state index in [4.69, 9.17) is 4.74 Å². The number of rotatable bonds is 11. The van der Waals surface area contributed by atoms with Crippen LogP contribution in [0.25, 0.3) is 11.1 Å². The van der Waals surface area contributed by atoms with Crippen LogP contribution in [0.15, 0.2) is 42.5 Å². The van der Waals surface area contributed by atoms with Crippen LogP contribution < -0.4 is 4.74 Å². The quantitative estimate of drug-likeness (QED) is 0.337. The summed E-state index contributed by atoms with van der Waals surface area (Å²) in [5.41, 5.74) is 2.88. The van der Waals surface area contributed by atoms with Crippen LogP contribution in [-0.4, -0.2) is 6.61 Å². The van der Waals surface area contributed by atoms with Crippen LogP contribution in [0, 0.1) is 17.7 Å². The first-order chi connectivity index (χ1) is 14.7. The molecule has 3 rings (SSSR count). The first-order valence-corrected chi connectivity index (χ1v) is 12.2. The molecule has 0 aliphatic heterocycles. The zero-order valence-electron chi connectivity index (χ0n) is 19.0. The molecule has 1 aliphatic rings. The molecule has 1 aliphatic carbocycles. The van der Waals surface area contributed by atoms with Gasteiger partial charge in [-0.3, -0.25) is 0 Å². The molecule has 1 fully saturated rings. The third-order valence-corrected chi connectivity index (χ3v) is 6.66. The van der Waals surface area contributed by atoms with Crippen LogP contribution in [-0.2, 0) is 6.42 Å². The highest BCUT2D eigenvalue weighted by atomic mass is 19.1. The van der Waals surface area contributed by atoms with Gasteiger partial charge in [0, 0.05) is 11.6 Å². The van der Waals surface area contributed by atoms with E-state index in [0.717, 1.165) is 24.3 Å². The molecule has 0 atom stereocenters. The Labute approximate surface area is 183 Å². The van der Waals surface area contributed by atoms with Crippen molar-refractivity contribution in [2.45, 2.75) is 84.5 Å². The molecule has 0 saturated heterocycles. The summed E-state index contributed by atoms with van der Waals surface area (Å²) in [6.45, 7) is 5.16. The highest BCUT2D eigenvalue weighted by Crippen LogP contribution is 2.33. The number of halogens is 1. The normalized spacial score (nSPS) is 19.0. The third kappa shape index (κ3) is 6.86. The summed E-state index contributed by atoms with van der Waals surface area (Å²) in [4.78, 5) is 0. The van der Waals surface area contributed by atoms with Gasteiger partial charge in [0.25, 0.3) is 0 Å². The summed E-state index contributed by atoms with van der Waals surface area (Å²) in [7, 11) is 0. The van der Waals surface area contributed by atoms with Gasteiger partial charge in [0.2, 0.25) is 0 Å². The summed E-state index contributed by atoms with van der Waals surface area (Å²) >= 11 is 0. The number of hydrogen-bond acceptors (Lipinski definition) is 1. The molecular formula is C28H39FO. The van der Waals surface area contributed by atoms with Crippen molar-refractivity contribution in [1.82, 2.24) is 0 Å². The van der Waals surface area contributed by atoms with Crippen LogP contribution in [0.3, 0.4) is 0 Å². The van der Waals surface area contributed by atoms with E-state index in [0.29, 0.717) is 23.8 Å². The molecule has 0 N–H and O–H groups in total. The average molecular weight is 411 g/mol. The summed E-state index contributed by atoms with van der Waals surface area (Å²) in [6, 6.07) is 13.6. The smallest absolute Gasteiger partial charge is 0.134 e. The number of unbranched alkanes of at least 4 members (excludes halogenated alkanes) is 3. The number of benzene rings is 2. The maximum atomic E-state index is 14.7. The molecule has 0 aromatic heterocycles. The van der Waals surface area contributed by atoms with Gasteiger partial charge in [-0.25, -0.2) is 4.39 Å². The standard InChI is InChI=1S/C28H39FO/c1-3-5-6-7-9-23-10-12-24(13-11-23)21-30-26-18-19-27(28(29)20-26)25-16-14-22(8-4-2)15-17-25/h14-20,23-24H,3-13,21H2,1-2H3. The SMILES string of the molecule is CCCCCCC1CCC(COc2ccc(-c3ccc(CCC)cc3)c(F)c2)CC1. The minimum atomic E-state index is -0.202. The number of hydrogen-bond donors (Lipinski definition) is 0. The molecule has 0 heterocycles. The van der Waals surface area contributed by atoms with Crippen molar-refractivity contribution in [2.75, 3.05) is 6.61 Å². The van der Waals surface area contributed by atoms with Gasteiger partial charge in [-0.2, -0.15) is 0 Å². The Bertz CT molecular complexity index is 744. The number of aryl methyl sites for hydroxylation is 1. The van der Waals surface area contributed by atoms with Gasteiger partial charge in [-0.15, -0.1) is 0 Å². The lowest BCUT2D eigenvalue weighted by Crippen LogP contribution is -2.20. The van der Waals surface area contributed by atoms with Crippen molar-refractivity contribution in [3.63, 3.8) is 0 Å². The Balaban J connectivity index is 1.45. The second-order valence-corrected chi connectivity index (χ2v) is 9.14. The fraction of sp³-hybridized carbons (Fsp3) is 0.571. The fourth-order valence-electron chi connectivity index (χ4n) is 4.72. The highest BCUT2D eigenvalue weighted by molar-refractivity contribution is 5.65. The molecule has 0 bridgehead atoms. The first kappa shape index (κ1) is 22.8. The Morgan fingerprint density at radius 3 is 2.23 bits per heavy atom. The third-order valence-electron chi connectivity index (χ3n) is 6.66. The fourth-order valence-corrected chi connectivity index (χ4v) is 4.72. The summed E-state index contributed by atoms with van der Waals surface area (Å²) in [6.07, 6.45) is 14.3. The topological polar surface area (TPSA) is 9.23 Å². The van der Waals surface area contributed by atoms with Crippen LogP contribution >= 0.6 is 0 Å². The largest absolute Gasteiger partial charge is 0.493 e. The molecule has 2 aromatic rings. The van der Waals surface area contributed by atoms with E-state index >= 15 is 0 Å². The van der Waals surface area contributed by atoms with Crippen LogP contribution in [0.4, 0.5) is 4.39 Å². The van der Waals surface area contributed by atoms with Gasteiger partial charge in [-0.1, -0.05) is 89.5 Å². The lowest BCUT2D eigenvalue weighted by molar-refractivity contribution is 0.177. The van der Waals surface area contributed by atoms with E-state index in [-0.39, 0.29) is 5.82 Å². The van der Waals surface area contributed by atoms with Crippen LogP contribution in [0.5, 0.6) is 5.75 Å². The van der Waals surface area contributed by atoms with Crippen molar-refractivity contribution in [3.8, 4) is 16.9 Å². The summed E-state index contributed by atoms with van der Waals surface area (Å²) < 4.78 is 20.7. The van der Waals surface area contributed by atoms with Crippen molar-refractivity contribution in [3.05, 3.63) is 53.8 Å². The monoisotopic (exact) mass is 410 g/mol. The Morgan fingerprint density at radius 1 is 0.833 bits per heavy atom. The summed E-state index contributed by atoms with van der Waals surface area (Å²) in [5, 5.41) is 0. The Morgan fingerprint density at radius 2 is 1.57 bits per heavy atom. The highest BCUT2D eigenvalue weighted by Gasteiger charge is 2.21. The zero-order chi connectivity index (χ0) is 21.2. The van der Waals surface area contributed by atoms with Gasteiger partial charge in [0.05, 0.1) is 6.61 Å². The minimum absolute atomic E-state index is 0.202. The average Bonchev–Trinajstić information content (AvgIpc) is 2.77. The lowest BCUT2D eigenvalue weighted by Gasteiger charge is -2.28.